The Bertz CT molecular complexity index is 834. The predicted octanol–water partition coefficient (Wildman–Crippen LogP) is 1.07. The van der Waals surface area contributed by atoms with Crippen molar-refractivity contribution in [2.45, 2.75) is 6.10 Å². The molecule has 8 nitrogen and oxygen atoms in total. The lowest BCUT2D eigenvalue weighted by Gasteiger charge is -2.25. The summed E-state index contributed by atoms with van der Waals surface area (Å²) in [5.41, 5.74) is 5.17. The molecule has 0 radical (unpaired) electrons. The molecule has 2 aromatic rings. The highest BCUT2D eigenvalue weighted by molar-refractivity contribution is 5.97. The average molecular weight is 356 g/mol. The van der Waals surface area contributed by atoms with E-state index in [9.17, 15) is 14.4 Å². The lowest BCUT2D eigenvalue weighted by atomic mass is 10.1. The molecule has 2 aromatic carbocycles. The Morgan fingerprint density at radius 1 is 0.962 bits per heavy atom. The number of fused-ring (bicyclic) bond motifs is 1. The zero-order valence-corrected chi connectivity index (χ0v) is 13.9. The molecule has 8 heteroatoms. The minimum atomic E-state index is -0.882. The number of para-hydroxylation sites is 2. The van der Waals surface area contributed by atoms with Crippen LogP contribution >= 0.6 is 0 Å². The number of esters is 1. The summed E-state index contributed by atoms with van der Waals surface area (Å²) in [5.74, 6) is -0.555. The van der Waals surface area contributed by atoms with Gasteiger partial charge in [-0.1, -0.05) is 12.1 Å². The molecule has 0 saturated heterocycles. The molecular formula is C18H16N2O6. The van der Waals surface area contributed by atoms with Crippen LogP contribution in [0.3, 0.4) is 0 Å². The van der Waals surface area contributed by atoms with Crippen LogP contribution in [0.15, 0.2) is 48.5 Å². The van der Waals surface area contributed by atoms with Crippen LogP contribution < -0.4 is 20.3 Å². The van der Waals surface area contributed by atoms with Gasteiger partial charge >= 0.3 is 5.97 Å². The van der Waals surface area contributed by atoms with Crippen molar-refractivity contribution in [1.82, 2.24) is 10.9 Å². The van der Waals surface area contributed by atoms with E-state index in [0.29, 0.717) is 17.1 Å². The van der Waals surface area contributed by atoms with Crippen molar-refractivity contribution in [2.24, 2.45) is 0 Å². The van der Waals surface area contributed by atoms with Gasteiger partial charge in [0.15, 0.2) is 11.5 Å². The van der Waals surface area contributed by atoms with Crippen molar-refractivity contribution in [3.05, 3.63) is 59.7 Å². The highest BCUT2D eigenvalue weighted by Crippen LogP contribution is 2.30. The van der Waals surface area contributed by atoms with Crippen LogP contribution in [0.25, 0.3) is 0 Å². The van der Waals surface area contributed by atoms with Crippen molar-refractivity contribution >= 4 is 17.8 Å². The fourth-order valence-corrected chi connectivity index (χ4v) is 2.30. The smallest absolute Gasteiger partial charge is 0.337 e. The lowest BCUT2D eigenvalue weighted by Crippen LogP contribution is -2.50. The van der Waals surface area contributed by atoms with Gasteiger partial charge in [-0.25, -0.2) is 4.79 Å². The van der Waals surface area contributed by atoms with Gasteiger partial charge in [-0.05, 0) is 36.4 Å². The summed E-state index contributed by atoms with van der Waals surface area (Å²) in [6.07, 6.45) is -0.882. The van der Waals surface area contributed by atoms with E-state index < -0.39 is 23.9 Å². The Kier molecular flexibility index (Phi) is 5.02. The standard InChI is InChI=1S/C18H16N2O6/c1-24-18(23)12-8-6-11(7-9-12)16(21)19-20-17(22)15-10-25-13-4-2-3-5-14(13)26-15/h2-9,15H,10H2,1H3,(H,19,21)(H,20,22). The number of ether oxygens (including phenoxy) is 3. The lowest BCUT2D eigenvalue weighted by molar-refractivity contribution is -0.131. The van der Waals surface area contributed by atoms with Gasteiger partial charge in [0.05, 0.1) is 12.7 Å². The number of carbonyl (C=O) groups excluding carboxylic acids is 3. The summed E-state index contributed by atoms with van der Waals surface area (Å²) in [7, 11) is 1.27. The number of hydrogen-bond donors (Lipinski definition) is 2. The third kappa shape index (κ3) is 3.75. The van der Waals surface area contributed by atoms with Crippen molar-refractivity contribution in [1.29, 1.82) is 0 Å². The number of amides is 2. The molecule has 1 heterocycles. The molecular weight excluding hydrogens is 340 g/mol. The van der Waals surface area contributed by atoms with Crippen molar-refractivity contribution < 1.29 is 28.6 Å². The molecule has 1 aliphatic rings. The zero-order valence-electron chi connectivity index (χ0n) is 13.9. The maximum atomic E-state index is 12.1. The molecule has 26 heavy (non-hydrogen) atoms. The van der Waals surface area contributed by atoms with Gasteiger partial charge in [-0.2, -0.15) is 0 Å². The Labute approximate surface area is 149 Å². The maximum Gasteiger partial charge on any atom is 0.337 e. The minimum Gasteiger partial charge on any atom is -0.485 e. The molecule has 2 amide bonds. The largest absolute Gasteiger partial charge is 0.485 e. The average Bonchev–Trinajstić information content (AvgIpc) is 2.70. The fourth-order valence-electron chi connectivity index (χ4n) is 2.30. The monoisotopic (exact) mass is 356 g/mol. The van der Waals surface area contributed by atoms with Gasteiger partial charge < -0.3 is 14.2 Å². The van der Waals surface area contributed by atoms with E-state index in [0.717, 1.165) is 0 Å². The molecule has 0 aliphatic carbocycles. The van der Waals surface area contributed by atoms with Crippen LogP contribution in [-0.2, 0) is 9.53 Å². The molecule has 2 N–H and O–H groups in total. The number of carbonyl (C=O) groups is 3. The van der Waals surface area contributed by atoms with Crippen LogP contribution in [-0.4, -0.2) is 37.6 Å². The summed E-state index contributed by atoms with van der Waals surface area (Å²) >= 11 is 0. The zero-order chi connectivity index (χ0) is 18.5. The van der Waals surface area contributed by atoms with Gasteiger partial charge in [0.1, 0.15) is 6.61 Å². The Morgan fingerprint density at radius 3 is 2.31 bits per heavy atom. The molecule has 0 bridgehead atoms. The molecule has 0 aromatic heterocycles. The van der Waals surface area contributed by atoms with Crippen LogP contribution in [0, 0.1) is 0 Å². The topological polar surface area (TPSA) is 103 Å². The second-order valence-corrected chi connectivity index (χ2v) is 5.38. The molecule has 1 unspecified atom stereocenters. The summed E-state index contributed by atoms with van der Waals surface area (Å²) in [4.78, 5) is 35.6. The highest BCUT2D eigenvalue weighted by Gasteiger charge is 2.27. The van der Waals surface area contributed by atoms with E-state index in [1.165, 1.54) is 31.4 Å². The van der Waals surface area contributed by atoms with E-state index >= 15 is 0 Å². The van der Waals surface area contributed by atoms with Crippen LogP contribution in [0.5, 0.6) is 11.5 Å². The Hall–Kier alpha value is -3.55. The number of rotatable bonds is 3. The van der Waals surface area contributed by atoms with Crippen LogP contribution in [0.2, 0.25) is 0 Å². The third-order valence-corrected chi connectivity index (χ3v) is 3.67. The van der Waals surface area contributed by atoms with Crippen LogP contribution in [0.4, 0.5) is 0 Å². The summed E-state index contributed by atoms with van der Waals surface area (Å²) in [6.45, 7) is 0.0343. The van der Waals surface area contributed by atoms with Gasteiger partial charge in [0.25, 0.3) is 11.8 Å². The number of benzene rings is 2. The second-order valence-electron chi connectivity index (χ2n) is 5.38. The number of hydrazine groups is 1. The highest BCUT2D eigenvalue weighted by atomic mass is 16.6. The molecule has 0 fully saturated rings. The van der Waals surface area contributed by atoms with Crippen molar-refractivity contribution in [3.8, 4) is 11.5 Å². The third-order valence-electron chi connectivity index (χ3n) is 3.67. The number of hydrogen-bond acceptors (Lipinski definition) is 6. The van der Waals surface area contributed by atoms with Crippen molar-refractivity contribution in [3.63, 3.8) is 0 Å². The van der Waals surface area contributed by atoms with E-state index in [4.69, 9.17) is 9.47 Å². The summed E-state index contributed by atoms with van der Waals surface area (Å²) in [6, 6.07) is 12.8. The van der Waals surface area contributed by atoms with Crippen molar-refractivity contribution in [2.75, 3.05) is 13.7 Å². The first-order valence-corrected chi connectivity index (χ1v) is 7.75. The molecule has 3 rings (SSSR count). The SMILES string of the molecule is COC(=O)c1ccc(C(=O)NNC(=O)C2COc3ccccc3O2)cc1. The molecule has 1 atom stereocenters. The van der Waals surface area contributed by atoms with E-state index in [2.05, 4.69) is 15.6 Å². The number of methoxy groups -OCH3 is 1. The van der Waals surface area contributed by atoms with Gasteiger partial charge in [-0.3, -0.25) is 20.4 Å². The first-order valence-electron chi connectivity index (χ1n) is 7.75. The van der Waals surface area contributed by atoms with Gasteiger partial charge in [0, 0.05) is 5.56 Å². The Balaban J connectivity index is 1.54. The summed E-state index contributed by atoms with van der Waals surface area (Å²) < 4.78 is 15.6. The first-order chi connectivity index (χ1) is 12.6. The van der Waals surface area contributed by atoms with Gasteiger partial charge in [-0.15, -0.1) is 0 Å². The van der Waals surface area contributed by atoms with E-state index in [-0.39, 0.29) is 12.2 Å². The predicted molar refractivity (Wildman–Crippen MR) is 89.7 cm³/mol. The molecule has 1 aliphatic heterocycles. The fraction of sp³-hybridized carbons (Fsp3) is 0.167. The summed E-state index contributed by atoms with van der Waals surface area (Å²) in [5, 5.41) is 0. The van der Waals surface area contributed by atoms with Crippen LogP contribution in [0.1, 0.15) is 20.7 Å². The maximum absolute atomic E-state index is 12.1. The number of nitrogens with one attached hydrogen (secondary N) is 2. The van der Waals surface area contributed by atoms with E-state index in [1.54, 1.807) is 24.3 Å². The normalized spacial score (nSPS) is 14.9. The molecule has 0 saturated carbocycles. The molecule has 0 spiro atoms. The van der Waals surface area contributed by atoms with Gasteiger partial charge in [0.2, 0.25) is 6.10 Å². The molecule has 134 valence electrons. The second kappa shape index (κ2) is 7.56. The minimum absolute atomic E-state index is 0.0343. The van der Waals surface area contributed by atoms with E-state index in [1.807, 2.05) is 0 Å². The Morgan fingerprint density at radius 2 is 1.62 bits per heavy atom. The quantitative estimate of drug-likeness (QED) is 0.630. The first kappa shape index (κ1) is 17.3.